The smallest absolute Gasteiger partial charge is 0.137 e. The Balaban J connectivity index is 2.13. The van der Waals surface area contributed by atoms with Gasteiger partial charge in [0.15, 0.2) is 0 Å². The van der Waals surface area contributed by atoms with Gasteiger partial charge < -0.3 is 9.73 Å². The highest BCUT2D eigenvalue weighted by Gasteiger charge is 2.11. The molecule has 4 nitrogen and oxygen atoms in total. The van der Waals surface area contributed by atoms with Gasteiger partial charge in [0.2, 0.25) is 0 Å². The van der Waals surface area contributed by atoms with Gasteiger partial charge in [0, 0.05) is 18.8 Å². The van der Waals surface area contributed by atoms with E-state index in [0.717, 1.165) is 42.3 Å². The number of aromatic nitrogens is 2. The molecule has 4 heteroatoms. The highest BCUT2D eigenvalue weighted by Crippen LogP contribution is 2.25. The van der Waals surface area contributed by atoms with E-state index in [1.54, 1.807) is 0 Å². The number of nitrogens with zero attached hydrogens (tertiary/aromatic N) is 2. The van der Waals surface area contributed by atoms with E-state index < -0.39 is 0 Å². The highest BCUT2D eigenvalue weighted by atomic mass is 16.3. The van der Waals surface area contributed by atoms with Crippen LogP contribution >= 0.6 is 0 Å². The molecule has 0 unspecified atom stereocenters. The van der Waals surface area contributed by atoms with Crippen molar-refractivity contribution in [2.45, 2.75) is 53.2 Å². The van der Waals surface area contributed by atoms with Gasteiger partial charge in [0.05, 0.1) is 17.8 Å². The summed E-state index contributed by atoms with van der Waals surface area (Å²) in [5, 5.41) is 7.85. The third kappa shape index (κ3) is 3.47. The molecule has 104 valence electrons. The van der Waals surface area contributed by atoms with Crippen molar-refractivity contribution in [3.8, 4) is 11.3 Å². The van der Waals surface area contributed by atoms with Gasteiger partial charge in [-0.25, -0.2) is 0 Å². The quantitative estimate of drug-likeness (QED) is 0.867. The SMILES string of the molecule is CCCn1cc(-c2ccc(CNC(C)C)o2)c(C)n1. The van der Waals surface area contributed by atoms with E-state index in [-0.39, 0.29) is 0 Å². The monoisotopic (exact) mass is 261 g/mol. The van der Waals surface area contributed by atoms with Crippen molar-refractivity contribution in [1.82, 2.24) is 15.1 Å². The minimum atomic E-state index is 0.461. The molecule has 0 bridgehead atoms. The molecule has 2 rings (SSSR count). The third-order valence-electron chi connectivity index (χ3n) is 3.01. The molecule has 0 aliphatic carbocycles. The molecule has 0 radical (unpaired) electrons. The molecule has 1 N–H and O–H groups in total. The van der Waals surface area contributed by atoms with Gasteiger partial charge in [0.1, 0.15) is 11.5 Å². The van der Waals surface area contributed by atoms with E-state index >= 15 is 0 Å². The zero-order valence-electron chi connectivity index (χ0n) is 12.2. The molecule has 0 saturated carbocycles. The van der Waals surface area contributed by atoms with E-state index in [0.29, 0.717) is 6.04 Å². The molecule has 2 heterocycles. The van der Waals surface area contributed by atoms with E-state index in [2.05, 4.69) is 37.4 Å². The Morgan fingerprint density at radius 3 is 2.84 bits per heavy atom. The Hall–Kier alpha value is -1.55. The van der Waals surface area contributed by atoms with Crippen LogP contribution in [0.2, 0.25) is 0 Å². The van der Waals surface area contributed by atoms with Crippen molar-refractivity contribution in [3.63, 3.8) is 0 Å². The molecule has 0 aromatic carbocycles. The fourth-order valence-corrected chi connectivity index (χ4v) is 2.03. The van der Waals surface area contributed by atoms with Gasteiger partial charge in [-0.05, 0) is 25.5 Å². The average Bonchev–Trinajstić information content (AvgIpc) is 2.94. The van der Waals surface area contributed by atoms with Crippen molar-refractivity contribution >= 4 is 0 Å². The summed E-state index contributed by atoms with van der Waals surface area (Å²) < 4.78 is 7.86. The predicted molar refractivity (Wildman–Crippen MR) is 76.9 cm³/mol. The number of nitrogens with one attached hydrogen (secondary N) is 1. The van der Waals surface area contributed by atoms with Crippen LogP contribution in [-0.4, -0.2) is 15.8 Å². The summed E-state index contributed by atoms with van der Waals surface area (Å²) in [5.41, 5.74) is 2.11. The van der Waals surface area contributed by atoms with Gasteiger partial charge in [0.25, 0.3) is 0 Å². The van der Waals surface area contributed by atoms with Crippen LogP contribution < -0.4 is 5.32 Å². The van der Waals surface area contributed by atoms with E-state index in [4.69, 9.17) is 4.42 Å². The molecule has 0 saturated heterocycles. The number of rotatable bonds is 6. The fourth-order valence-electron chi connectivity index (χ4n) is 2.03. The lowest BCUT2D eigenvalue weighted by atomic mass is 10.2. The van der Waals surface area contributed by atoms with Crippen molar-refractivity contribution < 1.29 is 4.42 Å². The highest BCUT2D eigenvalue weighted by molar-refractivity contribution is 5.59. The summed E-state index contributed by atoms with van der Waals surface area (Å²) in [6.07, 6.45) is 3.15. The third-order valence-corrected chi connectivity index (χ3v) is 3.01. The zero-order valence-corrected chi connectivity index (χ0v) is 12.2. The van der Waals surface area contributed by atoms with E-state index in [9.17, 15) is 0 Å². The second-order valence-corrected chi connectivity index (χ2v) is 5.19. The topological polar surface area (TPSA) is 43.0 Å². The second kappa shape index (κ2) is 6.06. The van der Waals surface area contributed by atoms with Crippen LogP contribution in [0.1, 0.15) is 38.6 Å². The normalized spacial score (nSPS) is 11.4. The lowest BCUT2D eigenvalue weighted by Crippen LogP contribution is -2.21. The summed E-state index contributed by atoms with van der Waals surface area (Å²) >= 11 is 0. The number of aryl methyl sites for hydroxylation is 2. The summed E-state index contributed by atoms with van der Waals surface area (Å²) in [7, 11) is 0. The Labute approximate surface area is 114 Å². The number of hydrogen-bond donors (Lipinski definition) is 1. The minimum absolute atomic E-state index is 0.461. The van der Waals surface area contributed by atoms with Crippen LogP contribution in [0.4, 0.5) is 0 Å². The van der Waals surface area contributed by atoms with Crippen molar-refractivity contribution in [3.05, 3.63) is 29.8 Å². The fraction of sp³-hybridized carbons (Fsp3) is 0.533. The van der Waals surface area contributed by atoms with Crippen molar-refractivity contribution in [1.29, 1.82) is 0 Å². The molecule has 0 spiro atoms. The van der Waals surface area contributed by atoms with Gasteiger partial charge in [-0.15, -0.1) is 0 Å². The van der Waals surface area contributed by atoms with Crippen molar-refractivity contribution in [2.24, 2.45) is 0 Å². The molecule has 0 aliphatic rings. The van der Waals surface area contributed by atoms with Gasteiger partial charge >= 0.3 is 0 Å². The maximum absolute atomic E-state index is 5.88. The van der Waals surface area contributed by atoms with Crippen LogP contribution in [0.15, 0.2) is 22.7 Å². The lowest BCUT2D eigenvalue weighted by Gasteiger charge is -2.04. The van der Waals surface area contributed by atoms with Gasteiger partial charge in [-0.2, -0.15) is 5.10 Å². The number of hydrogen-bond acceptors (Lipinski definition) is 3. The average molecular weight is 261 g/mol. The van der Waals surface area contributed by atoms with E-state index in [1.165, 1.54) is 0 Å². The molecule has 2 aromatic rings. The van der Waals surface area contributed by atoms with Gasteiger partial charge in [-0.3, -0.25) is 4.68 Å². The minimum Gasteiger partial charge on any atom is -0.460 e. The summed E-state index contributed by atoms with van der Waals surface area (Å²) in [6.45, 7) is 10.1. The summed E-state index contributed by atoms with van der Waals surface area (Å²) in [4.78, 5) is 0. The summed E-state index contributed by atoms with van der Waals surface area (Å²) in [6, 6.07) is 4.52. The van der Waals surface area contributed by atoms with Crippen LogP contribution in [0.5, 0.6) is 0 Å². The van der Waals surface area contributed by atoms with E-state index in [1.807, 2.05) is 23.7 Å². The summed E-state index contributed by atoms with van der Waals surface area (Å²) in [5.74, 6) is 1.87. The Morgan fingerprint density at radius 2 is 2.16 bits per heavy atom. The molecular formula is C15H23N3O. The lowest BCUT2D eigenvalue weighted by molar-refractivity contribution is 0.473. The first-order valence-corrected chi connectivity index (χ1v) is 6.96. The molecule has 0 amide bonds. The Morgan fingerprint density at radius 1 is 1.37 bits per heavy atom. The van der Waals surface area contributed by atoms with Crippen LogP contribution in [0, 0.1) is 6.92 Å². The van der Waals surface area contributed by atoms with Crippen LogP contribution in [0.3, 0.4) is 0 Å². The molecule has 0 atom stereocenters. The first-order valence-electron chi connectivity index (χ1n) is 6.96. The first kappa shape index (κ1) is 13.9. The molecule has 0 aliphatic heterocycles. The largest absolute Gasteiger partial charge is 0.460 e. The number of furan rings is 1. The van der Waals surface area contributed by atoms with Crippen LogP contribution in [-0.2, 0) is 13.1 Å². The second-order valence-electron chi connectivity index (χ2n) is 5.19. The maximum atomic E-state index is 5.88. The Kier molecular flexibility index (Phi) is 4.43. The Bertz CT molecular complexity index is 525. The molecule has 19 heavy (non-hydrogen) atoms. The molecule has 0 fully saturated rings. The standard InChI is InChI=1S/C15H23N3O/c1-5-8-18-10-14(12(4)17-18)15-7-6-13(19-15)9-16-11(2)3/h6-7,10-11,16H,5,8-9H2,1-4H3. The molecular weight excluding hydrogens is 238 g/mol. The first-order chi connectivity index (χ1) is 9.10. The molecule has 2 aromatic heterocycles. The zero-order chi connectivity index (χ0) is 13.8. The van der Waals surface area contributed by atoms with Crippen molar-refractivity contribution in [2.75, 3.05) is 0 Å². The van der Waals surface area contributed by atoms with Gasteiger partial charge in [-0.1, -0.05) is 20.8 Å². The maximum Gasteiger partial charge on any atom is 0.137 e. The van der Waals surface area contributed by atoms with Crippen LogP contribution in [0.25, 0.3) is 11.3 Å². The predicted octanol–water partition coefficient (Wildman–Crippen LogP) is 3.36.